The molecule has 8 heteroatoms. The van der Waals surface area contributed by atoms with Crippen LogP contribution >= 0.6 is 0 Å². The average Bonchev–Trinajstić information content (AvgIpc) is 3.43. The number of amides is 1. The van der Waals surface area contributed by atoms with Gasteiger partial charge in [0.2, 0.25) is 5.88 Å². The summed E-state index contributed by atoms with van der Waals surface area (Å²) in [6.07, 6.45) is 2.59. The number of benzene rings is 1. The minimum atomic E-state index is -0.372. The molecule has 166 valence electrons. The minimum absolute atomic E-state index is 0.286. The number of hydrogen-bond donors (Lipinski definition) is 1. The number of rotatable bonds is 7. The van der Waals surface area contributed by atoms with Gasteiger partial charge in [-0.3, -0.25) is 9.88 Å². The maximum Gasteiger partial charge on any atom is 0.407 e. The van der Waals surface area contributed by atoms with E-state index in [1.807, 2.05) is 54.7 Å². The first-order chi connectivity index (χ1) is 15.7. The largest absolute Gasteiger partial charge is 0.481 e. The Bertz CT molecular complexity index is 1090. The van der Waals surface area contributed by atoms with Crippen LogP contribution in [0.5, 0.6) is 5.88 Å². The number of hydrogen-bond acceptors (Lipinski definition) is 7. The van der Waals surface area contributed by atoms with Crippen molar-refractivity contribution in [3.8, 4) is 5.88 Å². The number of carbonyl (C=O) groups is 1. The van der Waals surface area contributed by atoms with Crippen molar-refractivity contribution in [2.75, 3.05) is 38.2 Å². The Hall–Kier alpha value is -3.39. The van der Waals surface area contributed by atoms with Crippen LogP contribution in [0.25, 0.3) is 11.0 Å². The lowest BCUT2D eigenvalue weighted by atomic mass is 10.2. The quantitative estimate of drug-likeness (QED) is 0.614. The van der Waals surface area contributed by atoms with Gasteiger partial charge in [-0.05, 0) is 24.1 Å². The van der Waals surface area contributed by atoms with Crippen LogP contribution in [0.3, 0.4) is 0 Å². The Kier molecular flexibility index (Phi) is 5.77. The molecular weight excluding hydrogens is 406 g/mol. The second kappa shape index (κ2) is 9.00. The van der Waals surface area contributed by atoms with Crippen molar-refractivity contribution in [1.29, 1.82) is 0 Å². The Balaban J connectivity index is 1.14. The summed E-state index contributed by atoms with van der Waals surface area (Å²) in [5.74, 6) is 0.600. The van der Waals surface area contributed by atoms with Crippen LogP contribution < -0.4 is 15.0 Å². The highest BCUT2D eigenvalue weighted by Gasteiger charge is 2.43. The van der Waals surface area contributed by atoms with Crippen molar-refractivity contribution in [2.24, 2.45) is 0 Å². The van der Waals surface area contributed by atoms with Crippen LogP contribution in [0.4, 0.5) is 10.5 Å². The monoisotopic (exact) mass is 433 g/mol. The summed E-state index contributed by atoms with van der Waals surface area (Å²) in [6.45, 7) is 3.60. The lowest BCUT2D eigenvalue weighted by Crippen LogP contribution is -2.48. The third kappa shape index (κ3) is 4.18. The number of ether oxygens (including phenoxy) is 2. The summed E-state index contributed by atoms with van der Waals surface area (Å²) >= 11 is 0. The van der Waals surface area contributed by atoms with Crippen molar-refractivity contribution in [3.05, 3.63) is 60.3 Å². The molecule has 2 saturated heterocycles. The molecule has 1 aromatic carbocycles. The fourth-order valence-electron chi connectivity index (χ4n) is 4.73. The van der Waals surface area contributed by atoms with E-state index < -0.39 is 0 Å². The predicted molar refractivity (Wildman–Crippen MR) is 122 cm³/mol. The topological polar surface area (TPSA) is 79.8 Å². The van der Waals surface area contributed by atoms with E-state index in [2.05, 4.69) is 25.1 Å². The molecule has 1 N–H and O–H groups in total. The number of piperazine rings is 1. The van der Waals surface area contributed by atoms with Crippen LogP contribution in [0, 0.1) is 0 Å². The van der Waals surface area contributed by atoms with Crippen LogP contribution in [0.2, 0.25) is 0 Å². The first-order valence-corrected chi connectivity index (χ1v) is 11.0. The molecule has 2 aromatic heterocycles. The molecule has 8 nitrogen and oxygen atoms in total. The molecule has 32 heavy (non-hydrogen) atoms. The highest BCUT2D eigenvalue weighted by molar-refractivity contribution is 5.88. The first-order valence-electron chi connectivity index (χ1n) is 11.0. The lowest BCUT2D eigenvalue weighted by molar-refractivity contribution is 0.137. The normalized spacial score (nSPS) is 20.0. The van der Waals surface area contributed by atoms with Crippen molar-refractivity contribution < 1.29 is 14.3 Å². The van der Waals surface area contributed by atoms with Gasteiger partial charge in [0, 0.05) is 50.5 Å². The summed E-state index contributed by atoms with van der Waals surface area (Å²) in [4.78, 5) is 26.0. The van der Waals surface area contributed by atoms with Gasteiger partial charge in [-0.1, -0.05) is 30.3 Å². The van der Waals surface area contributed by atoms with Crippen LogP contribution in [-0.2, 0) is 11.3 Å². The Morgan fingerprint density at radius 2 is 2.00 bits per heavy atom. The fourth-order valence-corrected chi connectivity index (χ4v) is 4.73. The number of nitrogens with zero attached hydrogens (tertiary/aromatic N) is 4. The summed E-state index contributed by atoms with van der Waals surface area (Å²) in [6, 6.07) is 16.4. The van der Waals surface area contributed by atoms with Gasteiger partial charge in [0.1, 0.15) is 12.1 Å². The molecule has 2 bridgehead atoms. The molecule has 4 heterocycles. The number of methoxy groups -OCH3 is 1. The van der Waals surface area contributed by atoms with Gasteiger partial charge >= 0.3 is 6.09 Å². The Labute approximate surface area is 187 Å². The number of anilines is 1. The van der Waals surface area contributed by atoms with E-state index in [1.165, 1.54) is 0 Å². The van der Waals surface area contributed by atoms with Crippen molar-refractivity contribution >= 4 is 22.8 Å². The van der Waals surface area contributed by atoms with E-state index in [0.717, 1.165) is 48.3 Å². The second-order valence-electron chi connectivity index (χ2n) is 8.23. The van der Waals surface area contributed by atoms with E-state index in [0.29, 0.717) is 24.5 Å². The summed E-state index contributed by atoms with van der Waals surface area (Å²) in [5, 5.41) is 2.87. The number of aromatic nitrogens is 2. The molecule has 0 saturated carbocycles. The molecule has 3 aromatic rings. The van der Waals surface area contributed by atoms with Gasteiger partial charge < -0.3 is 19.7 Å². The van der Waals surface area contributed by atoms with Crippen LogP contribution in [0.15, 0.2) is 54.7 Å². The summed E-state index contributed by atoms with van der Waals surface area (Å²) in [5.41, 5.74) is 3.86. The first kappa shape index (κ1) is 20.5. The van der Waals surface area contributed by atoms with Crippen LogP contribution in [0.1, 0.15) is 12.0 Å². The van der Waals surface area contributed by atoms with Gasteiger partial charge in [-0.25, -0.2) is 9.78 Å². The highest BCUT2D eigenvalue weighted by atomic mass is 16.5. The van der Waals surface area contributed by atoms with Crippen LogP contribution in [-0.4, -0.2) is 66.3 Å². The number of likely N-dealkylation sites (tertiary alicyclic amines) is 1. The van der Waals surface area contributed by atoms with Gasteiger partial charge in [-0.15, -0.1) is 0 Å². The smallest absolute Gasteiger partial charge is 0.407 e. The molecule has 2 aliphatic rings. The minimum Gasteiger partial charge on any atom is -0.481 e. The maximum absolute atomic E-state index is 12.0. The van der Waals surface area contributed by atoms with E-state index in [-0.39, 0.29) is 12.7 Å². The van der Waals surface area contributed by atoms with Crippen molar-refractivity contribution in [1.82, 2.24) is 20.2 Å². The zero-order valence-corrected chi connectivity index (χ0v) is 18.1. The number of nitrogens with one attached hydrogen (secondary N) is 1. The van der Waals surface area contributed by atoms with E-state index >= 15 is 0 Å². The number of pyridine rings is 2. The van der Waals surface area contributed by atoms with Gasteiger partial charge in [0.25, 0.3) is 0 Å². The third-order valence-corrected chi connectivity index (χ3v) is 6.29. The van der Waals surface area contributed by atoms with Crippen molar-refractivity contribution in [3.63, 3.8) is 0 Å². The molecular formula is C24H27N5O3. The van der Waals surface area contributed by atoms with E-state index in [9.17, 15) is 4.79 Å². The molecule has 1 amide bonds. The molecule has 0 unspecified atom stereocenters. The Morgan fingerprint density at radius 1 is 1.12 bits per heavy atom. The number of alkyl carbamates (subject to hydrolysis) is 1. The SMILES string of the molecule is COc1ccc2nccc(N3C[C@@H]4C[C@H]3CN4CCNC(=O)OCc3ccccc3)c2n1. The van der Waals surface area contributed by atoms with E-state index in [4.69, 9.17) is 9.47 Å². The van der Waals surface area contributed by atoms with Gasteiger partial charge in [-0.2, -0.15) is 0 Å². The molecule has 2 fully saturated rings. The second-order valence-corrected chi connectivity index (χ2v) is 8.23. The molecule has 5 rings (SSSR count). The maximum atomic E-state index is 12.0. The van der Waals surface area contributed by atoms with Gasteiger partial charge in [0.15, 0.2) is 0 Å². The zero-order chi connectivity index (χ0) is 21.9. The average molecular weight is 434 g/mol. The number of carbonyl (C=O) groups excluding carboxylic acids is 1. The predicted octanol–water partition coefficient (Wildman–Crippen LogP) is 2.83. The molecule has 0 spiro atoms. The molecule has 2 atom stereocenters. The standard InChI is InChI=1S/C24H27N5O3/c1-31-22-8-7-20-23(27-22)21(9-10-25-20)29-15-18-13-19(29)14-28(18)12-11-26-24(30)32-16-17-5-3-2-4-6-17/h2-10,18-19H,11-16H2,1H3,(H,26,30)/t18-,19-/m0/s1. The lowest BCUT2D eigenvalue weighted by Gasteiger charge is -2.35. The summed E-state index contributed by atoms with van der Waals surface area (Å²) in [7, 11) is 1.63. The fraction of sp³-hybridized carbons (Fsp3) is 0.375. The molecule has 2 aliphatic heterocycles. The van der Waals surface area contributed by atoms with E-state index in [1.54, 1.807) is 7.11 Å². The highest BCUT2D eigenvalue weighted by Crippen LogP contribution is 2.37. The Morgan fingerprint density at radius 3 is 2.78 bits per heavy atom. The molecule has 0 radical (unpaired) electrons. The third-order valence-electron chi connectivity index (χ3n) is 6.29. The van der Waals surface area contributed by atoms with Gasteiger partial charge in [0.05, 0.1) is 18.3 Å². The molecule has 0 aliphatic carbocycles. The van der Waals surface area contributed by atoms with Crippen molar-refractivity contribution in [2.45, 2.75) is 25.1 Å². The number of fused-ring (bicyclic) bond motifs is 3. The summed E-state index contributed by atoms with van der Waals surface area (Å²) < 4.78 is 10.6. The zero-order valence-electron chi connectivity index (χ0n) is 18.1.